The molecule has 22 heavy (non-hydrogen) atoms. The largest absolute Gasteiger partial charge is 0.339 e. The van der Waals surface area contributed by atoms with E-state index in [1.807, 2.05) is 29.2 Å². The third-order valence-corrected chi connectivity index (χ3v) is 4.46. The molecule has 0 radical (unpaired) electrons. The van der Waals surface area contributed by atoms with E-state index >= 15 is 0 Å². The fourth-order valence-corrected chi connectivity index (χ4v) is 3.08. The van der Waals surface area contributed by atoms with Crippen molar-refractivity contribution in [2.24, 2.45) is 0 Å². The van der Waals surface area contributed by atoms with Gasteiger partial charge < -0.3 is 9.42 Å². The second-order valence-electron chi connectivity index (χ2n) is 6.07. The van der Waals surface area contributed by atoms with Crippen molar-refractivity contribution in [1.29, 1.82) is 0 Å². The summed E-state index contributed by atoms with van der Waals surface area (Å²) in [7, 11) is 0. The molecule has 0 spiro atoms. The number of aromatic nitrogens is 2. The number of benzene rings is 1. The zero-order valence-corrected chi connectivity index (χ0v) is 12.8. The number of halogens is 1. The van der Waals surface area contributed by atoms with Gasteiger partial charge in [0, 0.05) is 30.5 Å². The van der Waals surface area contributed by atoms with Gasteiger partial charge in [0.05, 0.1) is 5.92 Å². The molecule has 2 heterocycles. The lowest BCUT2D eigenvalue weighted by Crippen LogP contribution is -2.24. The molecule has 2 aliphatic rings. The van der Waals surface area contributed by atoms with Gasteiger partial charge in [-0.15, -0.1) is 0 Å². The van der Waals surface area contributed by atoms with Gasteiger partial charge in [-0.3, -0.25) is 4.79 Å². The van der Waals surface area contributed by atoms with E-state index in [4.69, 9.17) is 16.1 Å². The number of hydrogen-bond acceptors (Lipinski definition) is 4. The van der Waals surface area contributed by atoms with Crippen LogP contribution in [-0.4, -0.2) is 27.5 Å². The lowest BCUT2D eigenvalue weighted by molar-refractivity contribution is -0.128. The Bertz CT molecular complexity index is 711. The van der Waals surface area contributed by atoms with Crippen molar-refractivity contribution in [3.63, 3.8) is 0 Å². The van der Waals surface area contributed by atoms with Crippen LogP contribution in [0, 0.1) is 0 Å². The molecular weight excluding hydrogens is 302 g/mol. The Labute approximate surface area is 133 Å². The van der Waals surface area contributed by atoms with Crippen LogP contribution in [0.2, 0.25) is 5.02 Å². The smallest absolute Gasteiger partial charge is 0.232 e. The summed E-state index contributed by atoms with van der Waals surface area (Å²) in [6, 6.07) is 7.59. The van der Waals surface area contributed by atoms with Gasteiger partial charge in [0.25, 0.3) is 0 Å². The van der Waals surface area contributed by atoms with Gasteiger partial charge in [-0.2, -0.15) is 4.98 Å². The highest BCUT2D eigenvalue weighted by atomic mass is 35.5. The number of hydrogen-bond donors (Lipinski definition) is 0. The highest BCUT2D eigenvalue weighted by Gasteiger charge is 2.36. The number of likely N-dealkylation sites (tertiary alicyclic amines) is 1. The van der Waals surface area contributed by atoms with Gasteiger partial charge in [0.2, 0.25) is 11.8 Å². The van der Waals surface area contributed by atoms with Crippen LogP contribution in [0.5, 0.6) is 0 Å². The number of carbonyl (C=O) groups is 1. The molecule has 2 aromatic rings. The van der Waals surface area contributed by atoms with Crippen molar-refractivity contribution in [2.75, 3.05) is 6.54 Å². The average Bonchev–Trinajstić information content (AvgIpc) is 3.11. The summed E-state index contributed by atoms with van der Waals surface area (Å²) in [4.78, 5) is 18.5. The summed E-state index contributed by atoms with van der Waals surface area (Å²) >= 11 is 5.99. The van der Waals surface area contributed by atoms with E-state index < -0.39 is 0 Å². The molecule has 1 saturated carbocycles. The first-order valence-electron chi connectivity index (χ1n) is 7.55. The van der Waals surface area contributed by atoms with E-state index in [9.17, 15) is 4.79 Å². The molecule has 1 saturated heterocycles. The molecule has 1 aliphatic heterocycles. The summed E-state index contributed by atoms with van der Waals surface area (Å²) in [6.45, 7) is 1.19. The number of amides is 1. The molecule has 0 bridgehead atoms. The Hall–Kier alpha value is -1.88. The first-order valence-corrected chi connectivity index (χ1v) is 7.92. The summed E-state index contributed by atoms with van der Waals surface area (Å²) in [5, 5.41) is 4.72. The molecule has 1 aliphatic carbocycles. The summed E-state index contributed by atoms with van der Waals surface area (Å²) in [6.07, 6.45) is 2.72. The molecule has 1 atom stereocenters. The molecule has 4 rings (SSSR count). The maximum atomic E-state index is 12.2. The molecule has 1 aromatic carbocycles. The highest BCUT2D eigenvalue weighted by molar-refractivity contribution is 6.30. The lowest BCUT2D eigenvalue weighted by atomic mass is 10.1. The zero-order valence-electron chi connectivity index (χ0n) is 12.0. The molecule has 1 amide bonds. The fourth-order valence-electron chi connectivity index (χ4n) is 2.87. The van der Waals surface area contributed by atoms with E-state index in [1.54, 1.807) is 0 Å². The monoisotopic (exact) mass is 317 g/mol. The van der Waals surface area contributed by atoms with Crippen LogP contribution in [0.15, 0.2) is 28.8 Å². The van der Waals surface area contributed by atoms with Crippen LogP contribution < -0.4 is 0 Å². The number of carbonyl (C=O) groups excluding carboxylic acids is 1. The summed E-state index contributed by atoms with van der Waals surface area (Å²) in [5.74, 6) is 2.00. The molecule has 114 valence electrons. The maximum Gasteiger partial charge on any atom is 0.232 e. The SMILES string of the molecule is O=C1CC(c2nc(C3CC3)no2)CN1Cc1cccc(Cl)c1. The Balaban J connectivity index is 1.45. The fraction of sp³-hybridized carbons (Fsp3) is 0.438. The zero-order chi connectivity index (χ0) is 15.1. The topological polar surface area (TPSA) is 59.2 Å². The van der Waals surface area contributed by atoms with Crippen molar-refractivity contribution in [1.82, 2.24) is 15.0 Å². The van der Waals surface area contributed by atoms with Crippen LogP contribution in [-0.2, 0) is 11.3 Å². The van der Waals surface area contributed by atoms with Crippen molar-refractivity contribution in [2.45, 2.75) is 37.6 Å². The van der Waals surface area contributed by atoms with E-state index in [-0.39, 0.29) is 11.8 Å². The Morgan fingerprint density at radius 1 is 1.32 bits per heavy atom. The van der Waals surface area contributed by atoms with E-state index in [0.717, 1.165) is 24.2 Å². The first kappa shape index (κ1) is 13.8. The number of rotatable bonds is 4. The standard InChI is InChI=1S/C16H16ClN3O2/c17-13-3-1-2-10(6-13)8-20-9-12(7-14(20)21)16-18-15(19-22-16)11-4-5-11/h1-3,6,11-12H,4-5,7-9H2. The van der Waals surface area contributed by atoms with Gasteiger partial charge in [-0.25, -0.2) is 0 Å². The molecule has 6 heteroatoms. The minimum atomic E-state index is 0.00619. The Morgan fingerprint density at radius 2 is 2.18 bits per heavy atom. The summed E-state index contributed by atoms with van der Waals surface area (Å²) < 4.78 is 5.35. The molecule has 1 unspecified atom stereocenters. The maximum absolute atomic E-state index is 12.2. The van der Waals surface area contributed by atoms with Crippen LogP contribution in [0.25, 0.3) is 0 Å². The van der Waals surface area contributed by atoms with Crippen molar-refractivity contribution >= 4 is 17.5 Å². The normalized spacial score (nSPS) is 21.6. The highest BCUT2D eigenvalue weighted by Crippen LogP contribution is 2.39. The van der Waals surface area contributed by atoms with Crippen molar-refractivity contribution in [3.05, 3.63) is 46.6 Å². The van der Waals surface area contributed by atoms with Crippen LogP contribution in [0.4, 0.5) is 0 Å². The van der Waals surface area contributed by atoms with Crippen LogP contribution in [0.3, 0.4) is 0 Å². The summed E-state index contributed by atoms with van der Waals surface area (Å²) in [5.41, 5.74) is 1.03. The average molecular weight is 318 g/mol. The first-order chi connectivity index (χ1) is 10.7. The molecule has 2 fully saturated rings. The van der Waals surface area contributed by atoms with E-state index in [1.165, 1.54) is 0 Å². The van der Waals surface area contributed by atoms with Gasteiger partial charge in [0.15, 0.2) is 5.82 Å². The number of nitrogens with zero attached hydrogens (tertiary/aromatic N) is 3. The lowest BCUT2D eigenvalue weighted by Gasteiger charge is -2.16. The van der Waals surface area contributed by atoms with Crippen molar-refractivity contribution in [3.8, 4) is 0 Å². The van der Waals surface area contributed by atoms with Crippen molar-refractivity contribution < 1.29 is 9.32 Å². The predicted molar refractivity (Wildman–Crippen MR) is 80.5 cm³/mol. The second kappa shape index (κ2) is 5.39. The molecule has 0 N–H and O–H groups in total. The quantitative estimate of drug-likeness (QED) is 0.869. The predicted octanol–water partition coefficient (Wildman–Crippen LogP) is 3.12. The van der Waals surface area contributed by atoms with Crippen LogP contribution >= 0.6 is 11.6 Å². The molecule has 5 nitrogen and oxygen atoms in total. The third kappa shape index (κ3) is 2.73. The molecule has 1 aromatic heterocycles. The Morgan fingerprint density at radius 3 is 2.95 bits per heavy atom. The van der Waals surface area contributed by atoms with E-state index in [2.05, 4.69) is 10.1 Å². The third-order valence-electron chi connectivity index (χ3n) is 4.23. The van der Waals surface area contributed by atoms with E-state index in [0.29, 0.717) is 36.3 Å². The van der Waals surface area contributed by atoms with Crippen LogP contribution in [0.1, 0.15) is 48.4 Å². The van der Waals surface area contributed by atoms with Gasteiger partial charge in [-0.1, -0.05) is 28.9 Å². The van der Waals surface area contributed by atoms with Gasteiger partial charge in [-0.05, 0) is 30.5 Å². The van der Waals surface area contributed by atoms with Gasteiger partial charge >= 0.3 is 0 Å². The van der Waals surface area contributed by atoms with Gasteiger partial charge in [0.1, 0.15) is 0 Å². The molecular formula is C16H16ClN3O2. The second-order valence-corrected chi connectivity index (χ2v) is 6.51. The minimum Gasteiger partial charge on any atom is -0.339 e. The Kier molecular flexibility index (Phi) is 3.37. The minimum absolute atomic E-state index is 0.00619.